The predicted molar refractivity (Wildman–Crippen MR) is 128 cm³/mol. The topological polar surface area (TPSA) is 79.5 Å². The van der Waals surface area contributed by atoms with E-state index in [1.54, 1.807) is 4.57 Å². The van der Waals surface area contributed by atoms with Gasteiger partial charge in [-0.3, -0.25) is 9.59 Å². The molecule has 0 unspecified atom stereocenters. The minimum absolute atomic E-state index is 0.0209. The molecule has 2 N–H and O–H groups in total. The Morgan fingerprint density at radius 3 is 2.43 bits per heavy atom. The van der Waals surface area contributed by atoms with Crippen molar-refractivity contribution in [2.75, 3.05) is 0 Å². The van der Waals surface area contributed by atoms with Crippen molar-refractivity contribution in [1.82, 2.24) is 4.57 Å². The van der Waals surface area contributed by atoms with Crippen LogP contribution in [-0.4, -0.2) is 20.6 Å². The number of aliphatic hydroxyl groups excluding tert-OH is 1. The summed E-state index contributed by atoms with van der Waals surface area (Å²) in [6.45, 7) is 3.85. The van der Waals surface area contributed by atoms with E-state index in [-0.39, 0.29) is 57.8 Å². The number of carbonyl (C=O) groups excluding carboxylic acids is 1. The number of pyridine rings is 1. The first-order valence-electron chi connectivity index (χ1n) is 12.0. The zero-order valence-corrected chi connectivity index (χ0v) is 19.5. The second kappa shape index (κ2) is 7.51. The number of hydrogen-bond acceptors (Lipinski definition) is 4. The van der Waals surface area contributed by atoms with Gasteiger partial charge in [-0.15, -0.1) is 0 Å². The van der Waals surface area contributed by atoms with Crippen LogP contribution in [0.3, 0.4) is 0 Å². The number of aryl methyl sites for hydroxylation is 2. The zero-order chi connectivity index (χ0) is 24.8. The number of aromatic nitrogens is 1. The Morgan fingerprint density at radius 1 is 0.971 bits per heavy atom. The van der Waals surface area contributed by atoms with E-state index in [4.69, 9.17) is 0 Å². The molecule has 0 saturated heterocycles. The van der Waals surface area contributed by atoms with Crippen LogP contribution in [0.2, 0.25) is 0 Å². The lowest BCUT2D eigenvalue weighted by Gasteiger charge is -2.36. The first-order chi connectivity index (χ1) is 16.7. The summed E-state index contributed by atoms with van der Waals surface area (Å²) >= 11 is 0. The zero-order valence-electron chi connectivity index (χ0n) is 19.5. The molecule has 0 radical (unpaired) electrons. The largest absolute Gasteiger partial charge is 0.507 e. The van der Waals surface area contributed by atoms with E-state index >= 15 is 0 Å². The van der Waals surface area contributed by atoms with Gasteiger partial charge in [0.05, 0.1) is 17.0 Å². The van der Waals surface area contributed by atoms with Gasteiger partial charge in [0, 0.05) is 29.0 Å². The lowest BCUT2D eigenvalue weighted by Crippen LogP contribution is -2.34. The molecule has 7 heteroatoms. The number of halogens is 2. The van der Waals surface area contributed by atoms with E-state index in [2.05, 4.69) is 0 Å². The molecule has 0 amide bonds. The van der Waals surface area contributed by atoms with Crippen LogP contribution in [0.4, 0.5) is 8.78 Å². The van der Waals surface area contributed by atoms with Crippen molar-refractivity contribution in [3.63, 3.8) is 0 Å². The third-order valence-electron chi connectivity index (χ3n) is 8.14. The summed E-state index contributed by atoms with van der Waals surface area (Å²) in [4.78, 5) is 27.3. The van der Waals surface area contributed by atoms with Gasteiger partial charge >= 0.3 is 0 Å². The highest BCUT2D eigenvalue weighted by Gasteiger charge is 2.42. The van der Waals surface area contributed by atoms with Crippen molar-refractivity contribution in [3.8, 4) is 5.75 Å². The van der Waals surface area contributed by atoms with Crippen molar-refractivity contribution in [3.05, 3.63) is 79.6 Å². The third kappa shape index (κ3) is 3.03. The minimum Gasteiger partial charge on any atom is -0.507 e. The Labute approximate surface area is 200 Å². The fraction of sp³-hybridized carbons (Fsp3) is 0.357. The smallest absolute Gasteiger partial charge is 0.258 e. The van der Waals surface area contributed by atoms with Gasteiger partial charge in [0.25, 0.3) is 5.56 Å². The van der Waals surface area contributed by atoms with Crippen LogP contribution in [0.5, 0.6) is 5.75 Å². The molecule has 0 fully saturated rings. The van der Waals surface area contributed by atoms with Gasteiger partial charge in [-0.25, -0.2) is 8.78 Å². The summed E-state index contributed by atoms with van der Waals surface area (Å²) in [5, 5.41) is 22.5. The number of benzene rings is 2. The summed E-state index contributed by atoms with van der Waals surface area (Å²) in [6.07, 6.45) is 2.22. The Morgan fingerprint density at radius 2 is 1.66 bits per heavy atom. The molecule has 3 aromatic rings. The number of allylic oxidation sites excluding steroid dienone is 1. The molecular formula is C28H25F2NO4. The predicted octanol–water partition coefficient (Wildman–Crippen LogP) is 5.25. The van der Waals surface area contributed by atoms with Gasteiger partial charge in [-0.2, -0.15) is 0 Å². The number of nitrogens with zero attached hydrogens (tertiary/aromatic N) is 1. The van der Waals surface area contributed by atoms with Crippen LogP contribution in [0.25, 0.3) is 16.7 Å². The number of aliphatic hydroxyl groups is 1. The van der Waals surface area contributed by atoms with Gasteiger partial charge in [-0.05, 0) is 79.5 Å². The summed E-state index contributed by atoms with van der Waals surface area (Å²) in [6, 6.07) is 5.05. The van der Waals surface area contributed by atoms with Crippen molar-refractivity contribution in [2.45, 2.75) is 57.9 Å². The monoisotopic (exact) mass is 477 g/mol. The molecule has 1 aliphatic heterocycles. The van der Waals surface area contributed by atoms with Crippen molar-refractivity contribution >= 4 is 22.4 Å². The van der Waals surface area contributed by atoms with Gasteiger partial charge in [-0.1, -0.05) is 6.92 Å². The van der Waals surface area contributed by atoms with Crippen LogP contribution < -0.4 is 5.56 Å². The number of aromatic hydroxyl groups is 1. The van der Waals surface area contributed by atoms with Crippen molar-refractivity contribution in [1.29, 1.82) is 0 Å². The second-order valence-electron chi connectivity index (χ2n) is 10.2. The molecule has 6 rings (SSSR count). The fourth-order valence-electron chi connectivity index (χ4n) is 6.38. The van der Waals surface area contributed by atoms with Crippen molar-refractivity contribution in [2.24, 2.45) is 5.92 Å². The average Bonchev–Trinajstić information content (AvgIpc) is 2.81. The first-order valence-corrected chi connectivity index (χ1v) is 12.0. The minimum atomic E-state index is -0.549. The Balaban J connectivity index is 1.59. The van der Waals surface area contributed by atoms with Crippen LogP contribution >= 0.6 is 0 Å². The van der Waals surface area contributed by atoms with E-state index in [0.29, 0.717) is 42.3 Å². The van der Waals surface area contributed by atoms with E-state index < -0.39 is 23.1 Å². The van der Waals surface area contributed by atoms with E-state index in [1.807, 2.05) is 13.8 Å². The standard InChI is InChI=1S/C28H25F2NO4/c1-12-3-5-14-7-16(29)9-18-23(14)22(12)27(34)20(25(18)32)11-21-26(33)19-10-17(30)8-15-6-4-13(2)31(24(15)19)28(21)35/h7-10,12-13,22,32-33H,3-6,11H2,1-2H3/t12-,13+,22+/m1/s1. The molecule has 0 saturated carbocycles. The normalized spacial score (nSPS) is 23.1. The SMILES string of the molecule is C[C@@H]1CCc2cc(F)cc3c2[C@H]1C(=O)C(Cc1c(O)c2cc(F)cc4c2n(c1=O)[C@@H](C)CC4)=C3O. The first kappa shape index (κ1) is 22.0. The van der Waals surface area contributed by atoms with E-state index in [1.165, 1.54) is 24.3 Å². The van der Waals surface area contributed by atoms with E-state index in [9.17, 15) is 28.6 Å². The molecule has 35 heavy (non-hydrogen) atoms. The highest BCUT2D eigenvalue weighted by Crippen LogP contribution is 2.47. The lowest BCUT2D eigenvalue weighted by molar-refractivity contribution is -0.118. The van der Waals surface area contributed by atoms with Crippen LogP contribution in [-0.2, 0) is 24.1 Å². The molecule has 0 bridgehead atoms. The van der Waals surface area contributed by atoms with Crippen molar-refractivity contribution < 1.29 is 23.8 Å². The number of hydrogen-bond donors (Lipinski definition) is 2. The van der Waals surface area contributed by atoms with Gasteiger partial charge in [0.2, 0.25) is 0 Å². The molecule has 2 aliphatic carbocycles. The highest BCUT2D eigenvalue weighted by atomic mass is 19.1. The molecule has 5 nitrogen and oxygen atoms in total. The van der Waals surface area contributed by atoms with Crippen LogP contribution in [0.1, 0.15) is 66.5 Å². The Hall–Kier alpha value is -3.48. The second-order valence-corrected chi connectivity index (χ2v) is 10.2. The molecular weight excluding hydrogens is 452 g/mol. The molecule has 3 atom stereocenters. The molecule has 2 aromatic carbocycles. The maximum Gasteiger partial charge on any atom is 0.258 e. The lowest BCUT2D eigenvalue weighted by atomic mass is 9.67. The maximum absolute atomic E-state index is 14.4. The maximum atomic E-state index is 14.4. The molecule has 3 aliphatic rings. The highest BCUT2D eigenvalue weighted by molar-refractivity contribution is 6.09. The number of ketones is 1. The summed E-state index contributed by atoms with van der Waals surface area (Å²) in [5.74, 6) is -2.65. The van der Waals surface area contributed by atoms with Gasteiger partial charge in [0.15, 0.2) is 5.78 Å². The van der Waals surface area contributed by atoms with Crippen LogP contribution in [0.15, 0.2) is 34.6 Å². The molecule has 180 valence electrons. The van der Waals surface area contributed by atoms with E-state index in [0.717, 1.165) is 5.56 Å². The molecule has 2 heterocycles. The Bertz CT molecular complexity index is 1550. The molecule has 0 spiro atoms. The quantitative estimate of drug-likeness (QED) is 0.528. The number of rotatable bonds is 2. The molecule has 1 aromatic heterocycles. The Kier molecular flexibility index (Phi) is 4.72. The number of Topliss-reactive ketones (excluding diaryl/α,β-unsaturated/α-hetero) is 1. The van der Waals surface area contributed by atoms with Crippen LogP contribution in [0, 0.1) is 17.6 Å². The fourth-order valence-corrected chi connectivity index (χ4v) is 6.38. The average molecular weight is 478 g/mol. The number of carbonyl (C=O) groups is 1. The van der Waals surface area contributed by atoms with Gasteiger partial charge < -0.3 is 14.8 Å². The summed E-state index contributed by atoms with van der Waals surface area (Å²) in [5.41, 5.74) is 2.25. The summed E-state index contributed by atoms with van der Waals surface area (Å²) in [7, 11) is 0. The summed E-state index contributed by atoms with van der Waals surface area (Å²) < 4.78 is 30.3. The van der Waals surface area contributed by atoms with Gasteiger partial charge in [0.1, 0.15) is 23.1 Å². The third-order valence-corrected chi connectivity index (χ3v) is 8.14.